The second-order valence-corrected chi connectivity index (χ2v) is 8.95. The highest BCUT2D eigenvalue weighted by Gasteiger charge is 2.40. The summed E-state index contributed by atoms with van der Waals surface area (Å²) in [5.41, 5.74) is 4.07. The summed E-state index contributed by atoms with van der Waals surface area (Å²) in [6.07, 6.45) is 3.71. The Bertz CT molecular complexity index is 1370. The summed E-state index contributed by atoms with van der Waals surface area (Å²) in [6, 6.07) is 20.6. The molecule has 9 heteroatoms. The minimum absolute atomic E-state index is 0.191. The maximum absolute atomic E-state index is 5.91. The highest BCUT2D eigenvalue weighted by molar-refractivity contribution is 7.80. The molecule has 1 N–H and O–H groups in total. The summed E-state index contributed by atoms with van der Waals surface area (Å²) in [4.78, 5) is 9.66. The van der Waals surface area contributed by atoms with Gasteiger partial charge in [0.2, 0.25) is 5.96 Å². The highest BCUT2D eigenvalue weighted by Crippen LogP contribution is 2.37. The number of benzene rings is 2. The van der Waals surface area contributed by atoms with Crippen molar-refractivity contribution >= 4 is 40.5 Å². The highest BCUT2D eigenvalue weighted by atomic mass is 32.1. The molecule has 0 saturated carbocycles. The van der Waals surface area contributed by atoms with Gasteiger partial charge in [-0.05, 0) is 42.8 Å². The van der Waals surface area contributed by atoms with Crippen LogP contribution in [0.1, 0.15) is 18.1 Å². The lowest BCUT2D eigenvalue weighted by molar-refractivity contribution is 0.687. The molecule has 2 aromatic heterocycles. The number of para-hydroxylation sites is 1. The second-order valence-electron chi connectivity index (χ2n) is 8.57. The van der Waals surface area contributed by atoms with Gasteiger partial charge < -0.3 is 10.2 Å². The van der Waals surface area contributed by atoms with Gasteiger partial charge in [0.05, 0.1) is 23.8 Å². The zero-order chi connectivity index (χ0) is 23.2. The first-order valence-corrected chi connectivity index (χ1v) is 11.6. The molecule has 0 bridgehead atoms. The predicted octanol–water partition coefficient (Wildman–Crippen LogP) is 4.05. The molecular formula is C25H24N8S. The van der Waals surface area contributed by atoms with E-state index in [0.717, 1.165) is 51.6 Å². The number of hydrogen-bond acceptors (Lipinski definition) is 6. The number of nitrogens with one attached hydrogen (secondary N) is 1. The van der Waals surface area contributed by atoms with Gasteiger partial charge in [0, 0.05) is 31.7 Å². The molecule has 0 radical (unpaired) electrons. The Morgan fingerprint density at radius 2 is 1.85 bits per heavy atom. The molecule has 170 valence electrons. The van der Waals surface area contributed by atoms with E-state index in [4.69, 9.17) is 22.3 Å². The van der Waals surface area contributed by atoms with Gasteiger partial charge in [-0.3, -0.25) is 4.90 Å². The van der Waals surface area contributed by atoms with Crippen LogP contribution >= 0.6 is 12.2 Å². The van der Waals surface area contributed by atoms with Gasteiger partial charge in [-0.15, -0.1) is 0 Å². The zero-order valence-electron chi connectivity index (χ0n) is 19.0. The van der Waals surface area contributed by atoms with Crippen LogP contribution in [0.25, 0.3) is 5.69 Å². The van der Waals surface area contributed by atoms with Gasteiger partial charge in [-0.25, -0.2) is 14.4 Å². The molecule has 0 unspecified atom stereocenters. The number of aliphatic imine (C=N–C) groups is 1. The van der Waals surface area contributed by atoms with Crippen molar-refractivity contribution in [3.8, 4) is 5.69 Å². The molecule has 6 rings (SSSR count). The van der Waals surface area contributed by atoms with Crippen LogP contribution in [0, 0.1) is 0 Å². The summed E-state index contributed by atoms with van der Waals surface area (Å²) in [5, 5.41) is 12.9. The molecule has 0 aliphatic carbocycles. The van der Waals surface area contributed by atoms with Gasteiger partial charge >= 0.3 is 0 Å². The number of aromatic nitrogens is 4. The first-order valence-electron chi connectivity index (χ1n) is 11.2. The predicted molar refractivity (Wildman–Crippen MR) is 138 cm³/mol. The van der Waals surface area contributed by atoms with Crippen molar-refractivity contribution < 1.29 is 0 Å². The summed E-state index contributed by atoms with van der Waals surface area (Å²) in [7, 11) is 1.98. The van der Waals surface area contributed by atoms with E-state index in [-0.39, 0.29) is 6.04 Å². The maximum atomic E-state index is 5.91. The fraction of sp³-hybridized carbons (Fsp3) is 0.200. The molecule has 8 nitrogen and oxygen atoms in total. The summed E-state index contributed by atoms with van der Waals surface area (Å²) in [6.45, 7) is 3.50. The van der Waals surface area contributed by atoms with Crippen molar-refractivity contribution in [2.75, 3.05) is 23.8 Å². The van der Waals surface area contributed by atoms with Gasteiger partial charge in [-0.1, -0.05) is 42.5 Å². The number of hydrogen-bond donors (Lipinski definition) is 1. The largest absolute Gasteiger partial charge is 0.340 e. The molecular weight excluding hydrogens is 444 g/mol. The minimum Gasteiger partial charge on any atom is -0.340 e. The lowest BCUT2D eigenvalue weighted by Gasteiger charge is -2.32. The fourth-order valence-electron chi connectivity index (χ4n) is 4.44. The summed E-state index contributed by atoms with van der Waals surface area (Å²) in [5.74, 6) is 2.61. The lowest BCUT2D eigenvalue weighted by Crippen LogP contribution is -2.47. The Morgan fingerprint density at radius 3 is 2.59 bits per heavy atom. The van der Waals surface area contributed by atoms with Crippen LogP contribution in [-0.2, 0) is 6.54 Å². The Kier molecular flexibility index (Phi) is 4.91. The van der Waals surface area contributed by atoms with E-state index in [1.54, 1.807) is 6.20 Å². The third-order valence-corrected chi connectivity index (χ3v) is 6.58. The zero-order valence-corrected chi connectivity index (χ0v) is 19.8. The number of guanidine groups is 1. The van der Waals surface area contributed by atoms with Crippen molar-refractivity contribution in [2.24, 2.45) is 4.99 Å². The van der Waals surface area contributed by atoms with Gasteiger partial charge in [-0.2, -0.15) is 10.2 Å². The van der Waals surface area contributed by atoms with Gasteiger partial charge in [0.25, 0.3) is 0 Å². The fourth-order valence-corrected chi connectivity index (χ4v) is 4.71. The van der Waals surface area contributed by atoms with Crippen molar-refractivity contribution in [3.63, 3.8) is 0 Å². The number of fused-ring (bicyclic) bond motifs is 3. The van der Waals surface area contributed by atoms with Crippen molar-refractivity contribution in [1.82, 2.24) is 24.5 Å². The van der Waals surface area contributed by atoms with E-state index in [1.165, 1.54) is 0 Å². The van der Waals surface area contributed by atoms with Crippen LogP contribution in [0.15, 0.2) is 78.0 Å². The Labute approximate surface area is 203 Å². The van der Waals surface area contributed by atoms with Crippen molar-refractivity contribution in [2.45, 2.75) is 19.5 Å². The van der Waals surface area contributed by atoms with E-state index < -0.39 is 0 Å². The molecule has 0 spiro atoms. The third-order valence-electron chi connectivity index (χ3n) is 6.11. The molecule has 4 aromatic rings. The molecule has 0 fully saturated rings. The van der Waals surface area contributed by atoms with E-state index in [0.29, 0.717) is 6.54 Å². The molecule has 2 aromatic carbocycles. The van der Waals surface area contributed by atoms with E-state index >= 15 is 0 Å². The van der Waals surface area contributed by atoms with Crippen LogP contribution in [-0.4, -0.2) is 55.0 Å². The molecule has 4 heterocycles. The third kappa shape index (κ3) is 3.45. The maximum Gasteiger partial charge on any atom is 0.207 e. The molecule has 0 amide bonds. The van der Waals surface area contributed by atoms with Crippen LogP contribution in [0.4, 0.5) is 17.3 Å². The van der Waals surface area contributed by atoms with Crippen molar-refractivity contribution in [3.05, 3.63) is 84.2 Å². The second kappa shape index (κ2) is 8.11. The van der Waals surface area contributed by atoms with E-state index in [9.17, 15) is 0 Å². The average molecular weight is 469 g/mol. The number of anilines is 3. The number of thiocarbonyl (C=S) groups is 1. The molecule has 0 saturated heterocycles. The topological polar surface area (TPSA) is 66.5 Å². The Morgan fingerprint density at radius 1 is 1.06 bits per heavy atom. The monoisotopic (exact) mass is 468 g/mol. The first-order chi connectivity index (χ1) is 16.6. The van der Waals surface area contributed by atoms with Crippen LogP contribution < -0.4 is 10.2 Å². The molecule has 2 aliphatic heterocycles. The minimum atomic E-state index is 0.191. The van der Waals surface area contributed by atoms with Gasteiger partial charge in [0.15, 0.2) is 5.82 Å². The summed E-state index contributed by atoms with van der Waals surface area (Å²) >= 11 is 5.91. The van der Waals surface area contributed by atoms with Crippen LogP contribution in [0.5, 0.6) is 0 Å². The standard InChI is InChI=1S/C25H24N8S/c1-17-15-31-23-21(24(34)30(2)25(31)27-17)22(28-19-7-4-3-5-8-19)33(29-23)16-18-9-11-20(12-10-18)32-14-6-13-26-32/h3-14,17,28H,15-16H2,1-2H3/t17-/m1/s1. The quantitative estimate of drug-likeness (QED) is 0.446. The van der Waals surface area contributed by atoms with Crippen LogP contribution in [0.3, 0.4) is 0 Å². The normalized spacial score (nSPS) is 16.9. The number of rotatable bonds is 5. The van der Waals surface area contributed by atoms with E-state index in [1.807, 2.05) is 63.9 Å². The SMILES string of the molecule is C[C@@H]1CN2C(=N1)N(C)C(=S)c1c2nn(Cc2ccc(-n3cccn3)cc2)c1Nc1ccccc1. The Hall–Kier alpha value is -3.98. The summed E-state index contributed by atoms with van der Waals surface area (Å²) < 4.78 is 3.86. The van der Waals surface area contributed by atoms with Gasteiger partial charge in [0.1, 0.15) is 10.8 Å². The van der Waals surface area contributed by atoms with E-state index in [2.05, 4.69) is 46.5 Å². The smallest absolute Gasteiger partial charge is 0.207 e. The Balaban J connectivity index is 1.41. The molecule has 1 atom stereocenters. The first kappa shape index (κ1) is 20.6. The number of nitrogens with zero attached hydrogens (tertiary/aromatic N) is 7. The van der Waals surface area contributed by atoms with Crippen molar-refractivity contribution in [1.29, 1.82) is 0 Å². The molecule has 34 heavy (non-hydrogen) atoms. The lowest BCUT2D eigenvalue weighted by atomic mass is 10.2. The van der Waals surface area contributed by atoms with Crippen LogP contribution in [0.2, 0.25) is 0 Å². The molecule has 2 aliphatic rings. The average Bonchev–Trinajstić information content (AvgIpc) is 3.59.